The first-order chi connectivity index (χ1) is 13.8. The average molecular weight is 444 g/mol. The van der Waals surface area contributed by atoms with Crippen LogP contribution in [0.25, 0.3) is 0 Å². The summed E-state index contributed by atoms with van der Waals surface area (Å²) in [7, 11) is -10.7. The predicted molar refractivity (Wildman–Crippen MR) is 109 cm³/mol. The van der Waals surface area contributed by atoms with E-state index in [0.29, 0.717) is 0 Å². The summed E-state index contributed by atoms with van der Waals surface area (Å²) in [6.45, 7) is 1.78. The monoisotopic (exact) mass is 444 g/mol. The third-order valence-electron chi connectivity index (χ3n) is 4.25. The first-order valence-corrected chi connectivity index (χ1v) is 11.0. The van der Waals surface area contributed by atoms with E-state index in [-0.39, 0.29) is 0 Å². The van der Waals surface area contributed by atoms with Gasteiger partial charge in [-0.2, -0.15) is 0 Å². The molecule has 1 heterocycles. The van der Waals surface area contributed by atoms with Crippen LogP contribution in [0.1, 0.15) is 11.1 Å². The van der Waals surface area contributed by atoms with Gasteiger partial charge in [0.05, 0.1) is 0 Å². The van der Waals surface area contributed by atoms with E-state index in [2.05, 4.69) is 101 Å². The Labute approximate surface area is 169 Å². The molecule has 2 nitrogen and oxygen atoms in total. The van der Waals surface area contributed by atoms with Crippen LogP contribution < -0.4 is 4.90 Å². The Hall–Kier alpha value is -2.86. The minimum absolute atomic E-state index is 0.892. The zero-order chi connectivity index (χ0) is 21.9. The zero-order valence-electron chi connectivity index (χ0n) is 15.7. The van der Waals surface area contributed by atoms with Gasteiger partial charge in [-0.05, 0) is 24.3 Å². The molecule has 0 aromatic heterocycles. The van der Waals surface area contributed by atoms with Crippen molar-refractivity contribution >= 4 is 25.5 Å². The van der Waals surface area contributed by atoms with Gasteiger partial charge < -0.3 is 0 Å². The molecule has 0 spiro atoms. The summed E-state index contributed by atoms with van der Waals surface area (Å²) >= 11 is 0. The predicted octanol–water partition coefficient (Wildman–Crippen LogP) is 7.96. The van der Waals surface area contributed by atoms with E-state index in [1.165, 1.54) is 22.5 Å². The Morgan fingerprint density at radius 1 is 0.633 bits per heavy atom. The van der Waals surface area contributed by atoms with E-state index in [0.717, 1.165) is 13.1 Å². The molecule has 0 saturated carbocycles. The van der Waals surface area contributed by atoms with Crippen LogP contribution in [0.15, 0.2) is 84.9 Å². The zero-order valence-corrected chi connectivity index (χ0v) is 16.6. The second-order valence-corrected chi connectivity index (χ2v) is 8.69. The van der Waals surface area contributed by atoms with Crippen molar-refractivity contribution in [2.75, 3.05) is 4.90 Å². The van der Waals surface area contributed by atoms with Gasteiger partial charge in [-0.1, -0.05) is 60.7 Å². The maximum absolute atomic E-state index is 10.7. The van der Waals surface area contributed by atoms with Gasteiger partial charge in [0.15, 0.2) is 0 Å². The van der Waals surface area contributed by atoms with Gasteiger partial charge in [0.1, 0.15) is 24.5 Å². The number of fused-ring (bicyclic) bond motifs is 1. The number of anilines is 1. The maximum atomic E-state index is 9.87. The molecule has 160 valence electrons. The topological polar surface area (TPSA) is 6.25 Å². The van der Waals surface area contributed by atoms with Gasteiger partial charge in [-0.15, -0.1) is 0 Å². The Morgan fingerprint density at radius 3 is 1.67 bits per heavy atom. The van der Waals surface area contributed by atoms with Gasteiger partial charge in [0, 0.05) is 11.1 Å². The molecule has 3 aromatic rings. The number of nitrogens with zero attached hydrogens (tertiary/aromatic N) is 2. The van der Waals surface area contributed by atoms with Crippen molar-refractivity contribution in [2.24, 2.45) is 0 Å². The molecular weight excluding hydrogens is 425 g/mol. The first kappa shape index (κ1) is 21.8. The Morgan fingerprint density at radius 2 is 1.10 bits per heavy atom. The Kier molecular flexibility index (Phi) is 5.41. The van der Waals surface area contributed by atoms with Crippen molar-refractivity contribution in [3.63, 3.8) is 0 Å². The van der Waals surface area contributed by atoms with Gasteiger partial charge >= 0.3 is 33.0 Å². The van der Waals surface area contributed by atoms with E-state index in [1.54, 1.807) is 0 Å². The van der Waals surface area contributed by atoms with E-state index in [4.69, 9.17) is 0 Å². The SMILES string of the molecule is C1=[N+](c2ccccc2)Cc2ccccc2CN1c1ccccc1.F[P-](F)(F)(F)(F)F. The average Bonchev–Trinajstić information content (AvgIpc) is 2.87. The first-order valence-electron chi connectivity index (χ1n) is 8.97. The third kappa shape index (κ3) is 7.52. The summed E-state index contributed by atoms with van der Waals surface area (Å²) in [4.78, 5) is 2.32. The summed E-state index contributed by atoms with van der Waals surface area (Å²) < 4.78 is 61.5. The Balaban J connectivity index is 0.000000318. The van der Waals surface area contributed by atoms with E-state index in [9.17, 15) is 25.2 Å². The molecule has 30 heavy (non-hydrogen) atoms. The number of hydrogen-bond acceptors (Lipinski definition) is 1. The standard InChI is InChI=1S/C21H19N2.F6P/c1-3-11-20(12-4-1)22-15-18-9-7-8-10-19(18)16-23(17-22)21-13-5-2-6-14-21;1-7(2,3,4,5)6/h1-14,17H,15-16H2;/q+1;-1. The van der Waals surface area contributed by atoms with Crippen molar-refractivity contribution in [1.29, 1.82) is 0 Å². The summed E-state index contributed by atoms with van der Waals surface area (Å²) in [5, 5.41) is 0. The number of halogens is 6. The van der Waals surface area contributed by atoms with Crippen molar-refractivity contribution in [1.82, 2.24) is 0 Å². The van der Waals surface area contributed by atoms with E-state index < -0.39 is 7.81 Å². The number of hydrogen-bond donors (Lipinski definition) is 0. The number of rotatable bonds is 2. The van der Waals surface area contributed by atoms with Crippen LogP contribution in [0.5, 0.6) is 0 Å². The molecule has 0 N–H and O–H groups in total. The van der Waals surface area contributed by atoms with E-state index in [1.807, 2.05) is 0 Å². The molecule has 0 saturated heterocycles. The molecule has 0 radical (unpaired) electrons. The molecular formula is C21H19F6N2P. The van der Waals surface area contributed by atoms with Gasteiger partial charge in [0.2, 0.25) is 6.34 Å². The van der Waals surface area contributed by atoms with Crippen LogP contribution >= 0.6 is 7.81 Å². The number of benzene rings is 3. The second-order valence-electron chi connectivity index (χ2n) is 6.77. The second kappa shape index (κ2) is 7.43. The fourth-order valence-corrected chi connectivity index (χ4v) is 3.04. The molecule has 0 bridgehead atoms. The molecule has 4 rings (SSSR count). The summed E-state index contributed by atoms with van der Waals surface area (Å²) in [5.74, 6) is 0. The third-order valence-corrected chi connectivity index (χ3v) is 4.25. The normalized spacial score (nSPS) is 16.1. The van der Waals surface area contributed by atoms with Crippen LogP contribution in [0.2, 0.25) is 0 Å². The molecule has 0 fully saturated rings. The minimum atomic E-state index is -10.7. The molecule has 3 aromatic carbocycles. The van der Waals surface area contributed by atoms with Crippen LogP contribution in [-0.4, -0.2) is 10.9 Å². The van der Waals surface area contributed by atoms with Crippen LogP contribution in [-0.2, 0) is 13.1 Å². The van der Waals surface area contributed by atoms with Gasteiger partial charge in [-0.25, -0.2) is 9.48 Å². The van der Waals surface area contributed by atoms with Crippen LogP contribution in [0.4, 0.5) is 36.6 Å². The quantitative estimate of drug-likeness (QED) is 0.221. The molecule has 0 amide bonds. The summed E-state index contributed by atoms with van der Waals surface area (Å²) in [5.41, 5.74) is 5.19. The Bertz CT molecular complexity index is 1020. The number of para-hydroxylation sites is 2. The molecule has 0 aliphatic carbocycles. The van der Waals surface area contributed by atoms with Gasteiger partial charge in [0.25, 0.3) is 0 Å². The van der Waals surface area contributed by atoms with Crippen LogP contribution in [0.3, 0.4) is 0 Å². The fraction of sp³-hybridized carbons (Fsp3) is 0.0952. The van der Waals surface area contributed by atoms with Crippen molar-refractivity contribution in [2.45, 2.75) is 13.1 Å². The van der Waals surface area contributed by atoms with Crippen molar-refractivity contribution in [3.05, 3.63) is 96.1 Å². The molecule has 1 aliphatic heterocycles. The van der Waals surface area contributed by atoms with Crippen molar-refractivity contribution in [3.8, 4) is 0 Å². The van der Waals surface area contributed by atoms with Crippen molar-refractivity contribution < 1.29 is 29.8 Å². The van der Waals surface area contributed by atoms with E-state index >= 15 is 0 Å². The van der Waals surface area contributed by atoms with Gasteiger partial charge in [-0.3, -0.25) is 0 Å². The molecule has 1 aliphatic rings. The summed E-state index contributed by atoms with van der Waals surface area (Å²) in [6, 6.07) is 29.8. The molecule has 9 heteroatoms. The molecule has 0 atom stereocenters. The van der Waals surface area contributed by atoms with Crippen LogP contribution in [0, 0.1) is 0 Å². The molecule has 0 unspecified atom stereocenters. The fourth-order valence-electron chi connectivity index (χ4n) is 3.04. The summed E-state index contributed by atoms with van der Waals surface area (Å²) in [6.07, 6.45) is 2.23.